The molecule has 7 atom stereocenters. The third-order valence-electron chi connectivity index (χ3n) is 9.13. The van der Waals surface area contributed by atoms with E-state index >= 15 is 0 Å². The lowest BCUT2D eigenvalue weighted by Gasteiger charge is -2.48. The largest absolute Gasteiger partial charge is 0.497 e. The van der Waals surface area contributed by atoms with Crippen molar-refractivity contribution in [2.75, 3.05) is 13.7 Å². The molecule has 0 aromatic heterocycles. The number of ether oxygens (including phenoxy) is 5. The third kappa shape index (κ3) is 7.02. The highest BCUT2D eigenvalue weighted by Crippen LogP contribution is 2.43. The van der Waals surface area contributed by atoms with Crippen LogP contribution in [0.4, 0.5) is 4.79 Å². The zero-order valence-corrected chi connectivity index (χ0v) is 27.1. The van der Waals surface area contributed by atoms with Gasteiger partial charge in [-0.3, -0.25) is 9.59 Å². The van der Waals surface area contributed by atoms with Crippen LogP contribution in [0, 0.1) is 11.8 Å². The summed E-state index contributed by atoms with van der Waals surface area (Å²) in [6.07, 6.45) is -2.39. The van der Waals surface area contributed by atoms with Gasteiger partial charge in [0.1, 0.15) is 18.5 Å². The summed E-state index contributed by atoms with van der Waals surface area (Å²) in [5.74, 6) is -1.11. The number of imide groups is 1. The summed E-state index contributed by atoms with van der Waals surface area (Å²) < 4.78 is 30.4. The topological polar surface area (TPSA) is 101 Å². The Kier molecular flexibility index (Phi) is 10.6. The summed E-state index contributed by atoms with van der Waals surface area (Å²) in [6, 6.07) is 26.1. The highest BCUT2D eigenvalue weighted by Gasteiger charge is 2.54. The molecule has 2 fully saturated rings. The lowest BCUT2D eigenvalue weighted by molar-refractivity contribution is -0.310. The van der Waals surface area contributed by atoms with Crippen LogP contribution in [-0.4, -0.2) is 60.3 Å². The van der Waals surface area contributed by atoms with E-state index in [1.165, 1.54) is 4.90 Å². The van der Waals surface area contributed by atoms with E-state index in [0.29, 0.717) is 17.7 Å². The van der Waals surface area contributed by atoms with Crippen LogP contribution >= 0.6 is 0 Å². The number of methoxy groups -OCH3 is 1. The maximum Gasteiger partial charge on any atom is 0.416 e. The SMILES string of the molecule is CCC(=O)[C@@](C)(OCc1ccccc1)[C@@H]1O[C@H](c2ccc(OC)cc2)O[C@H]([C@@H](C)C(=O)N2C(=O)OC[C@H]2Cc2ccccc2)[C@@H]1C. The van der Waals surface area contributed by atoms with Gasteiger partial charge < -0.3 is 23.7 Å². The molecule has 2 aliphatic heterocycles. The van der Waals surface area contributed by atoms with E-state index in [0.717, 1.165) is 11.1 Å². The number of hydrogen-bond acceptors (Lipinski definition) is 8. The molecule has 0 radical (unpaired) electrons. The van der Waals surface area contributed by atoms with Crippen LogP contribution in [0.3, 0.4) is 0 Å². The van der Waals surface area contributed by atoms with Gasteiger partial charge in [-0.15, -0.1) is 0 Å². The summed E-state index contributed by atoms with van der Waals surface area (Å²) in [5, 5.41) is 0. The van der Waals surface area contributed by atoms with Crippen LogP contribution in [0.25, 0.3) is 0 Å². The van der Waals surface area contributed by atoms with Crippen molar-refractivity contribution in [3.63, 3.8) is 0 Å². The number of benzene rings is 3. The Morgan fingerprint density at radius 3 is 2.20 bits per heavy atom. The molecule has 3 aromatic carbocycles. The first-order valence-corrected chi connectivity index (χ1v) is 15.9. The van der Waals surface area contributed by atoms with Gasteiger partial charge in [0.15, 0.2) is 17.7 Å². The Labute approximate surface area is 270 Å². The fraction of sp³-hybridized carbons (Fsp3) is 0.432. The standard InChI is InChI=1S/C37H43NO8/c1-6-31(39)37(4,44-22-27-15-11-8-12-16-27)33-24(2)32(45-35(46-33)28-17-19-30(42-5)20-18-28)25(3)34(40)38-29(23-43-36(38)41)21-26-13-9-7-10-14-26/h7-20,24-25,29,32-33,35H,6,21-23H2,1-5H3/t24-,25+,29+,32-,33+,35+,37+/m0/s1. The smallest absolute Gasteiger partial charge is 0.416 e. The van der Waals surface area contributed by atoms with Crippen molar-refractivity contribution in [3.8, 4) is 5.75 Å². The minimum Gasteiger partial charge on any atom is -0.497 e. The molecule has 2 amide bonds. The number of cyclic esters (lactones) is 1. The van der Waals surface area contributed by atoms with Crippen LogP contribution in [0.1, 0.15) is 57.1 Å². The molecule has 0 saturated carbocycles. The van der Waals surface area contributed by atoms with Crippen LogP contribution in [0.15, 0.2) is 84.9 Å². The number of rotatable bonds is 12. The van der Waals surface area contributed by atoms with Gasteiger partial charge in [0, 0.05) is 17.9 Å². The Hall–Kier alpha value is -4.05. The summed E-state index contributed by atoms with van der Waals surface area (Å²) in [6.45, 7) is 7.53. The number of carbonyl (C=O) groups excluding carboxylic acids is 3. The van der Waals surface area contributed by atoms with Gasteiger partial charge in [0.05, 0.1) is 31.8 Å². The predicted molar refractivity (Wildman–Crippen MR) is 171 cm³/mol. The molecule has 3 aromatic rings. The molecule has 0 aliphatic carbocycles. The molecule has 9 heteroatoms. The van der Waals surface area contributed by atoms with E-state index in [4.69, 9.17) is 23.7 Å². The van der Waals surface area contributed by atoms with Gasteiger partial charge in [0.25, 0.3) is 0 Å². The monoisotopic (exact) mass is 629 g/mol. The second-order valence-corrected chi connectivity index (χ2v) is 12.2. The van der Waals surface area contributed by atoms with Crippen molar-refractivity contribution in [2.45, 2.75) is 77.3 Å². The molecular weight excluding hydrogens is 586 g/mol. The van der Waals surface area contributed by atoms with Gasteiger partial charge in [-0.05, 0) is 36.6 Å². The lowest BCUT2D eigenvalue weighted by atomic mass is 9.77. The van der Waals surface area contributed by atoms with Gasteiger partial charge in [0.2, 0.25) is 5.91 Å². The molecule has 2 saturated heterocycles. The maximum atomic E-state index is 14.2. The van der Waals surface area contributed by atoms with E-state index in [1.54, 1.807) is 40.0 Å². The summed E-state index contributed by atoms with van der Waals surface area (Å²) in [7, 11) is 1.59. The van der Waals surface area contributed by atoms with Crippen LogP contribution in [0.2, 0.25) is 0 Å². The number of ketones is 1. The average molecular weight is 630 g/mol. The molecule has 9 nitrogen and oxygen atoms in total. The summed E-state index contributed by atoms with van der Waals surface area (Å²) >= 11 is 0. The van der Waals surface area contributed by atoms with Crippen LogP contribution in [0.5, 0.6) is 5.75 Å². The predicted octanol–water partition coefficient (Wildman–Crippen LogP) is 6.29. The summed E-state index contributed by atoms with van der Waals surface area (Å²) in [4.78, 5) is 42.1. The first-order chi connectivity index (χ1) is 22.2. The van der Waals surface area contributed by atoms with Crippen molar-refractivity contribution < 1.29 is 38.1 Å². The fourth-order valence-corrected chi connectivity index (χ4v) is 6.46. The Balaban J connectivity index is 1.47. The second kappa shape index (κ2) is 14.6. The number of carbonyl (C=O) groups is 3. The third-order valence-corrected chi connectivity index (χ3v) is 9.13. The van der Waals surface area contributed by atoms with Crippen LogP contribution in [-0.2, 0) is 41.6 Å². The normalized spacial score (nSPS) is 24.9. The van der Waals surface area contributed by atoms with Crippen LogP contribution < -0.4 is 4.74 Å². The van der Waals surface area contributed by atoms with Gasteiger partial charge in [-0.25, -0.2) is 9.69 Å². The first kappa shape index (κ1) is 33.3. The summed E-state index contributed by atoms with van der Waals surface area (Å²) in [5.41, 5.74) is 1.25. The zero-order chi connectivity index (χ0) is 32.8. The second-order valence-electron chi connectivity index (χ2n) is 12.2. The average Bonchev–Trinajstić information content (AvgIpc) is 3.46. The Morgan fingerprint density at radius 1 is 0.957 bits per heavy atom. The van der Waals surface area contributed by atoms with E-state index in [-0.39, 0.29) is 25.4 Å². The number of nitrogens with zero attached hydrogens (tertiary/aromatic N) is 1. The highest BCUT2D eigenvalue weighted by atomic mass is 16.7. The minimum absolute atomic E-state index is 0.115. The Bertz CT molecular complexity index is 1480. The van der Waals surface area contributed by atoms with E-state index in [1.807, 2.05) is 79.7 Å². The Morgan fingerprint density at radius 2 is 1.59 bits per heavy atom. The lowest BCUT2D eigenvalue weighted by Crippen LogP contribution is -2.60. The highest BCUT2D eigenvalue weighted by molar-refractivity contribution is 5.95. The molecule has 0 unspecified atom stereocenters. The first-order valence-electron chi connectivity index (χ1n) is 15.9. The molecule has 5 rings (SSSR count). The van der Waals surface area contributed by atoms with Crippen molar-refractivity contribution >= 4 is 17.8 Å². The molecular formula is C37H43NO8. The molecule has 2 heterocycles. The number of Topliss-reactive ketones (excluding diaryl/α,β-unsaturated/α-hetero) is 1. The molecule has 46 heavy (non-hydrogen) atoms. The van der Waals surface area contributed by atoms with E-state index in [9.17, 15) is 14.4 Å². The number of hydrogen-bond donors (Lipinski definition) is 0. The molecule has 2 aliphatic rings. The van der Waals surface area contributed by atoms with Gasteiger partial charge >= 0.3 is 6.09 Å². The van der Waals surface area contributed by atoms with Crippen molar-refractivity contribution in [2.24, 2.45) is 11.8 Å². The van der Waals surface area contributed by atoms with E-state index in [2.05, 4.69) is 0 Å². The maximum absolute atomic E-state index is 14.2. The molecule has 0 bridgehead atoms. The van der Waals surface area contributed by atoms with Gasteiger partial charge in [-0.2, -0.15) is 0 Å². The zero-order valence-electron chi connectivity index (χ0n) is 27.1. The quantitative estimate of drug-likeness (QED) is 0.230. The van der Waals surface area contributed by atoms with Crippen molar-refractivity contribution in [1.82, 2.24) is 4.90 Å². The van der Waals surface area contributed by atoms with E-state index < -0.39 is 54.0 Å². The van der Waals surface area contributed by atoms with Crippen molar-refractivity contribution in [3.05, 3.63) is 102 Å². The van der Waals surface area contributed by atoms with Crippen molar-refractivity contribution in [1.29, 1.82) is 0 Å². The molecule has 244 valence electrons. The minimum atomic E-state index is -1.36. The number of amides is 2. The molecule has 0 spiro atoms. The fourth-order valence-electron chi connectivity index (χ4n) is 6.46. The van der Waals surface area contributed by atoms with Gasteiger partial charge in [-0.1, -0.05) is 93.6 Å². The molecule has 0 N–H and O–H groups in total.